The maximum atomic E-state index is 13.3. The number of carbonyl (C=O) groups is 3. The molecule has 8 heteroatoms. The summed E-state index contributed by atoms with van der Waals surface area (Å²) >= 11 is 0. The predicted octanol–water partition coefficient (Wildman–Crippen LogP) is 3.93. The van der Waals surface area contributed by atoms with Crippen LogP contribution in [0.25, 0.3) is 17.0 Å². The van der Waals surface area contributed by atoms with E-state index >= 15 is 0 Å². The average molecular weight is 472 g/mol. The van der Waals surface area contributed by atoms with E-state index < -0.39 is 17.7 Å². The first kappa shape index (κ1) is 22.6. The maximum absolute atomic E-state index is 13.3. The van der Waals surface area contributed by atoms with Crippen molar-refractivity contribution >= 4 is 29.0 Å². The van der Waals surface area contributed by atoms with Gasteiger partial charge in [-0.3, -0.25) is 19.3 Å². The van der Waals surface area contributed by atoms with Crippen molar-refractivity contribution in [1.82, 2.24) is 10.5 Å². The van der Waals surface area contributed by atoms with Gasteiger partial charge in [0.25, 0.3) is 17.6 Å². The quantitative estimate of drug-likeness (QED) is 0.546. The van der Waals surface area contributed by atoms with Gasteiger partial charge in [0.05, 0.1) is 11.6 Å². The molecule has 2 atom stereocenters. The highest BCUT2D eigenvalue weighted by molar-refractivity contribution is 6.51. The Hall–Kier alpha value is -4.20. The molecule has 0 spiro atoms. The summed E-state index contributed by atoms with van der Waals surface area (Å²) < 4.78 is 4.91. The zero-order valence-electron chi connectivity index (χ0n) is 19.4. The molecular formula is C27H25N3O5. The van der Waals surface area contributed by atoms with E-state index in [0.29, 0.717) is 41.9 Å². The number of hydrogen-bond donors (Lipinski definition) is 2. The molecular weight excluding hydrogens is 446 g/mol. The van der Waals surface area contributed by atoms with Crippen LogP contribution in [-0.2, 0) is 16.0 Å². The first-order valence-corrected chi connectivity index (χ1v) is 11.7. The molecule has 2 unspecified atom stereocenters. The van der Waals surface area contributed by atoms with Gasteiger partial charge in [-0.1, -0.05) is 36.7 Å². The monoisotopic (exact) mass is 471 g/mol. The second-order valence-electron chi connectivity index (χ2n) is 8.75. The minimum atomic E-state index is -0.706. The molecule has 2 amide bonds. The molecule has 2 bridgehead atoms. The Bertz CT molecular complexity index is 1340. The van der Waals surface area contributed by atoms with Gasteiger partial charge in [-0.25, -0.2) is 0 Å². The zero-order valence-corrected chi connectivity index (χ0v) is 19.4. The Labute approximate surface area is 202 Å². The third-order valence-corrected chi connectivity index (χ3v) is 6.78. The molecule has 1 aromatic heterocycles. The number of rotatable bonds is 5. The van der Waals surface area contributed by atoms with Gasteiger partial charge >= 0.3 is 0 Å². The second kappa shape index (κ2) is 8.87. The Balaban J connectivity index is 1.61. The number of Topliss-reactive ketones (excluding diaryl/α,β-unsaturated/α-hetero) is 1. The fraction of sp³-hybridized carbons (Fsp3) is 0.259. The van der Waals surface area contributed by atoms with E-state index in [4.69, 9.17) is 4.52 Å². The van der Waals surface area contributed by atoms with Gasteiger partial charge in [0.2, 0.25) is 0 Å². The van der Waals surface area contributed by atoms with E-state index in [-0.39, 0.29) is 23.2 Å². The van der Waals surface area contributed by atoms with Crippen LogP contribution < -0.4 is 10.2 Å². The summed E-state index contributed by atoms with van der Waals surface area (Å²) in [7, 11) is 0. The summed E-state index contributed by atoms with van der Waals surface area (Å²) in [5, 5.41) is 17.9. The molecule has 3 aromatic rings. The average Bonchev–Trinajstić information content (AvgIpc) is 3.49. The number of nitrogens with one attached hydrogen (secondary N) is 1. The fourth-order valence-electron chi connectivity index (χ4n) is 5.04. The molecule has 0 radical (unpaired) electrons. The van der Waals surface area contributed by atoms with Gasteiger partial charge in [-0.2, -0.15) is 0 Å². The number of ketones is 1. The molecule has 35 heavy (non-hydrogen) atoms. The number of carbonyl (C=O) groups excluding carboxylic acids is 3. The minimum absolute atomic E-state index is 0.110. The highest BCUT2D eigenvalue weighted by Gasteiger charge is 2.49. The number of amides is 2. The maximum Gasteiger partial charge on any atom is 0.299 e. The molecule has 0 saturated carbocycles. The van der Waals surface area contributed by atoms with E-state index in [1.54, 1.807) is 36.4 Å². The third-order valence-electron chi connectivity index (χ3n) is 6.78. The van der Waals surface area contributed by atoms with Crippen LogP contribution in [0.4, 0.5) is 5.69 Å². The molecule has 2 aromatic carbocycles. The lowest BCUT2D eigenvalue weighted by Gasteiger charge is -2.33. The van der Waals surface area contributed by atoms with Crippen molar-refractivity contribution in [1.29, 1.82) is 0 Å². The van der Waals surface area contributed by atoms with E-state index in [1.165, 1.54) is 11.2 Å². The molecule has 5 rings (SSSR count). The van der Waals surface area contributed by atoms with Crippen LogP contribution >= 0.6 is 0 Å². The highest BCUT2D eigenvalue weighted by atomic mass is 16.5. The second-order valence-corrected chi connectivity index (χ2v) is 8.75. The lowest BCUT2D eigenvalue weighted by molar-refractivity contribution is -0.132. The number of anilines is 1. The lowest BCUT2D eigenvalue weighted by atomic mass is 9.80. The van der Waals surface area contributed by atoms with Gasteiger partial charge < -0.3 is 14.9 Å². The number of aromatic nitrogens is 1. The van der Waals surface area contributed by atoms with Crippen LogP contribution in [0.5, 0.6) is 0 Å². The highest BCUT2D eigenvalue weighted by Crippen LogP contribution is 2.41. The summed E-state index contributed by atoms with van der Waals surface area (Å²) in [5.41, 5.74) is 3.86. The van der Waals surface area contributed by atoms with E-state index in [0.717, 1.165) is 11.1 Å². The van der Waals surface area contributed by atoms with Gasteiger partial charge in [-0.15, -0.1) is 0 Å². The molecule has 1 aliphatic heterocycles. The summed E-state index contributed by atoms with van der Waals surface area (Å²) in [4.78, 5) is 40.6. The molecule has 2 N–H and O–H groups in total. The third kappa shape index (κ3) is 3.71. The molecule has 1 saturated heterocycles. The summed E-state index contributed by atoms with van der Waals surface area (Å²) in [6, 6.07) is 13.3. The standard InChI is InChI=1S/C27H25N3O5/c1-3-15-13-18-14-17(7-10-20(18)26(33)28-4-2)24(31)22-23(15)30(27(34)25(22)32)19-8-5-16(6-9-19)21-11-12-35-29-21/h5-12,14-15,23,31H,3-4,13H2,1-2H3,(H,28,33). The number of benzene rings is 2. The van der Waals surface area contributed by atoms with Crippen LogP contribution in [-0.4, -0.2) is 40.4 Å². The van der Waals surface area contributed by atoms with Crippen LogP contribution in [0.1, 0.15) is 41.8 Å². The van der Waals surface area contributed by atoms with Crippen molar-refractivity contribution < 1.29 is 24.0 Å². The Morgan fingerprint density at radius 3 is 2.51 bits per heavy atom. The summed E-state index contributed by atoms with van der Waals surface area (Å²) in [6.07, 6.45) is 2.59. The lowest BCUT2D eigenvalue weighted by Crippen LogP contribution is -2.40. The molecule has 178 valence electrons. The Kier molecular flexibility index (Phi) is 5.72. The molecule has 2 heterocycles. The molecule has 8 nitrogen and oxygen atoms in total. The SMILES string of the molecule is CCNC(=O)c1ccc2cc1CC(CC)C1C(=C2O)C(=O)C(=O)N1c1ccc(-c2ccon2)cc1. The number of aliphatic hydroxyl groups excluding tert-OH is 1. The number of hydrogen-bond acceptors (Lipinski definition) is 6. The van der Waals surface area contributed by atoms with Gasteiger partial charge in [0.15, 0.2) is 0 Å². The number of fused-ring (bicyclic) bond motifs is 3. The first-order chi connectivity index (χ1) is 16.9. The van der Waals surface area contributed by atoms with Crippen LogP contribution in [0.15, 0.2) is 64.9 Å². The molecule has 1 aliphatic carbocycles. The van der Waals surface area contributed by atoms with Crippen molar-refractivity contribution in [2.24, 2.45) is 5.92 Å². The summed E-state index contributed by atoms with van der Waals surface area (Å²) in [6.45, 7) is 4.33. The van der Waals surface area contributed by atoms with E-state index in [9.17, 15) is 19.5 Å². The fourth-order valence-corrected chi connectivity index (χ4v) is 5.04. The van der Waals surface area contributed by atoms with Crippen LogP contribution in [0.3, 0.4) is 0 Å². The largest absolute Gasteiger partial charge is 0.507 e. The van der Waals surface area contributed by atoms with E-state index in [1.807, 2.05) is 26.0 Å². The van der Waals surface area contributed by atoms with Crippen LogP contribution in [0.2, 0.25) is 0 Å². The molecule has 1 fully saturated rings. The van der Waals surface area contributed by atoms with E-state index in [2.05, 4.69) is 10.5 Å². The van der Waals surface area contributed by atoms with Crippen molar-refractivity contribution in [3.8, 4) is 11.3 Å². The number of nitrogens with zero attached hydrogens (tertiary/aromatic N) is 2. The Morgan fingerprint density at radius 1 is 1.11 bits per heavy atom. The Morgan fingerprint density at radius 2 is 1.86 bits per heavy atom. The van der Waals surface area contributed by atoms with Crippen molar-refractivity contribution in [2.75, 3.05) is 11.4 Å². The van der Waals surface area contributed by atoms with Gasteiger partial charge in [0.1, 0.15) is 17.7 Å². The smallest absolute Gasteiger partial charge is 0.299 e. The van der Waals surface area contributed by atoms with Crippen molar-refractivity contribution in [3.63, 3.8) is 0 Å². The topological polar surface area (TPSA) is 113 Å². The predicted molar refractivity (Wildman–Crippen MR) is 130 cm³/mol. The van der Waals surface area contributed by atoms with Gasteiger partial charge in [-0.05, 0) is 49.1 Å². The number of aliphatic hydroxyl groups is 1. The minimum Gasteiger partial charge on any atom is -0.507 e. The zero-order chi connectivity index (χ0) is 24.7. The van der Waals surface area contributed by atoms with Crippen molar-refractivity contribution in [3.05, 3.63) is 77.1 Å². The normalized spacial score (nSPS) is 19.4. The summed E-state index contributed by atoms with van der Waals surface area (Å²) in [5.74, 6) is -1.98. The first-order valence-electron chi connectivity index (χ1n) is 11.7. The van der Waals surface area contributed by atoms with Crippen molar-refractivity contribution in [2.45, 2.75) is 32.7 Å². The van der Waals surface area contributed by atoms with Crippen LogP contribution in [0, 0.1) is 5.92 Å². The van der Waals surface area contributed by atoms with Gasteiger partial charge in [0, 0.05) is 35.0 Å². The molecule has 2 aliphatic rings.